The molecular formula is C14H26N2O2. The van der Waals surface area contributed by atoms with E-state index >= 15 is 0 Å². The highest BCUT2D eigenvalue weighted by atomic mass is 16.5. The maximum Gasteiger partial charge on any atom is 0.248 e. The van der Waals surface area contributed by atoms with Gasteiger partial charge in [-0.3, -0.25) is 4.79 Å². The fourth-order valence-corrected chi connectivity index (χ4v) is 2.94. The van der Waals surface area contributed by atoms with Gasteiger partial charge < -0.3 is 15.0 Å². The van der Waals surface area contributed by atoms with Crippen LogP contribution in [0.2, 0.25) is 0 Å². The lowest BCUT2D eigenvalue weighted by Crippen LogP contribution is -2.39. The van der Waals surface area contributed by atoms with Gasteiger partial charge in [-0.05, 0) is 52.0 Å². The van der Waals surface area contributed by atoms with Gasteiger partial charge in [-0.2, -0.15) is 0 Å². The van der Waals surface area contributed by atoms with Crippen LogP contribution in [0.5, 0.6) is 0 Å². The minimum Gasteiger partial charge on any atom is -0.368 e. The normalized spacial score (nSPS) is 29.3. The summed E-state index contributed by atoms with van der Waals surface area (Å²) in [6.07, 6.45) is 8.36. The van der Waals surface area contributed by atoms with E-state index in [0.717, 1.165) is 38.8 Å². The number of hydrogen-bond donors (Lipinski definition) is 1. The molecule has 0 radical (unpaired) electrons. The molecule has 2 fully saturated rings. The molecule has 0 bridgehead atoms. The fraction of sp³-hybridized carbons (Fsp3) is 0.929. The van der Waals surface area contributed by atoms with Crippen LogP contribution in [0.3, 0.4) is 0 Å². The molecule has 0 aromatic heterocycles. The first-order valence-electron chi connectivity index (χ1n) is 7.36. The van der Waals surface area contributed by atoms with Gasteiger partial charge >= 0.3 is 0 Å². The Hall–Kier alpha value is -0.610. The van der Waals surface area contributed by atoms with E-state index in [2.05, 4.69) is 5.32 Å². The minimum absolute atomic E-state index is 0.186. The number of amides is 1. The zero-order valence-corrected chi connectivity index (χ0v) is 11.5. The highest BCUT2D eigenvalue weighted by Crippen LogP contribution is 2.21. The van der Waals surface area contributed by atoms with Crippen LogP contribution in [-0.4, -0.2) is 49.7 Å². The van der Waals surface area contributed by atoms with Crippen LogP contribution in [0.4, 0.5) is 0 Å². The van der Waals surface area contributed by atoms with Gasteiger partial charge in [-0.25, -0.2) is 0 Å². The summed E-state index contributed by atoms with van der Waals surface area (Å²) in [6.45, 7) is 2.14. The van der Waals surface area contributed by atoms with E-state index < -0.39 is 0 Å². The van der Waals surface area contributed by atoms with E-state index in [1.54, 1.807) is 0 Å². The average molecular weight is 254 g/mol. The predicted molar refractivity (Wildman–Crippen MR) is 71.5 cm³/mol. The second kappa shape index (κ2) is 7.10. The maximum atomic E-state index is 11.9. The summed E-state index contributed by atoms with van der Waals surface area (Å²) >= 11 is 0. The molecule has 1 aliphatic carbocycles. The number of piperidine rings is 1. The van der Waals surface area contributed by atoms with E-state index in [-0.39, 0.29) is 12.5 Å². The number of likely N-dealkylation sites (tertiary alicyclic amines) is 1. The Labute approximate surface area is 110 Å². The highest BCUT2D eigenvalue weighted by molar-refractivity contribution is 5.77. The Balaban J connectivity index is 1.63. The number of carbonyl (C=O) groups excluding carboxylic acids is 1. The van der Waals surface area contributed by atoms with Gasteiger partial charge in [0.05, 0.1) is 6.10 Å². The molecule has 18 heavy (non-hydrogen) atoms. The lowest BCUT2D eigenvalue weighted by Gasteiger charge is -2.30. The van der Waals surface area contributed by atoms with E-state index in [1.807, 2.05) is 11.9 Å². The van der Waals surface area contributed by atoms with Gasteiger partial charge in [-0.1, -0.05) is 0 Å². The number of carbonyl (C=O) groups is 1. The number of ether oxygens (including phenoxy) is 1. The second-order valence-electron chi connectivity index (χ2n) is 5.51. The molecule has 0 aromatic rings. The van der Waals surface area contributed by atoms with Crippen LogP contribution in [0, 0.1) is 0 Å². The smallest absolute Gasteiger partial charge is 0.248 e. The lowest BCUT2D eigenvalue weighted by atomic mass is 9.93. The zero-order chi connectivity index (χ0) is 12.8. The Morgan fingerprint density at radius 3 is 2.44 bits per heavy atom. The molecule has 1 saturated carbocycles. The molecule has 104 valence electrons. The van der Waals surface area contributed by atoms with E-state index in [4.69, 9.17) is 4.74 Å². The standard InChI is InChI=1S/C14H26N2O2/c1-15-12-5-7-13(8-6-12)18-11-14(17)16-9-3-2-4-10-16/h12-13,15H,2-11H2,1H3. The molecule has 0 atom stereocenters. The third kappa shape index (κ3) is 3.95. The topological polar surface area (TPSA) is 41.6 Å². The number of nitrogens with one attached hydrogen (secondary N) is 1. The molecule has 0 aromatic carbocycles. The van der Waals surface area contributed by atoms with Crippen molar-refractivity contribution in [2.75, 3.05) is 26.7 Å². The van der Waals surface area contributed by atoms with Crippen molar-refractivity contribution in [2.45, 2.75) is 57.1 Å². The fourth-order valence-electron chi connectivity index (χ4n) is 2.94. The SMILES string of the molecule is CNC1CCC(OCC(=O)N2CCCCC2)CC1. The molecule has 0 unspecified atom stereocenters. The van der Waals surface area contributed by atoms with Gasteiger partial charge in [-0.15, -0.1) is 0 Å². The summed E-state index contributed by atoms with van der Waals surface area (Å²) in [4.78, 5) is 13.9. The third-order valence-electron chi connectivity index (χ3n) is 4.23. The van der Waals surface area contributed by atoms with Gasteiger partial charge in [0.1, 0.15) is 6.61 Å². The molecule has 4 nitrogen and oxygen atoms in total. The number of hydrogen-bond acceptors (Lipinski definition) is 3. The minimum atomic E-state index is 0.186. The Kier molecular flexibility index (Phi) is 5.45. The Morgan fingerprint density at radius 2 is 1.83 bits per heavy atom. The van der Waals surface area contributed by atoms with Crippen molar-refractivity contribution in [2.24, 2.45) is 0 Å². The zero-order valence-electron chi connectivity index (χ0n) is 11.5. The first-order valence-corrected chi connectivity index (χ1v) is 7.36. The molecule has 4 heteroatoms. The van der Waals surface area contributed by atoms with E-state index in [9.17, 15) is 4.79 Å². The van der Waals surface area contributed by atoms with Crippen molar-refractivity contribution >= 4 is 5.91 Å². The van der Waals surface area contributed by atoms with Crippen LogP contribution in [-0.2, 0) is 9.53 Å². The molecule has 1 aliphatic heterocycles. The summed E-state index contributed by atoms with van der Waals surface area (Å²) in [5, 5.41) is 3.31. The Morgan fingerprint density at radius 1 is 1.17 bits per heavy atom. The van der Waals surface area contributed by atoms with Crippen LogP contribution in [0.1, 0.15) is 44.9 Å². The van der Waals surface area contributed by atoms with Gasteiger partial charge in [0.2, 0.25) is 5.91 Å². The first-order chi connectivity index (χ1) is 8.79. The Bertz CT molecular complexity index is 257. The maximum absolute atomic E-state index is 11.9. The molecule has 1 heterocycles. The van der Waals surface area contributed by atoms with Gasteiger partial charge in [0.25, 0.3) is 0 Å². The van der Waals surface area contributed by atoms with Crippen molar-refractivity contribution in [3.8, 4) is 0 Å². The van der Waals surface area contributed by atoms with Crippen molar-refractivity contribution < 1.29 is 9.53 Å². The van der Waals surface area contributed by atoms with E-state index in [0.29, 0.717) is 12.1 Å². The summed E-state index contributed by atoms with van der Waals surface area (Å²) in [7, 11) is 2.02. The summed E-state index contributed by atoms with van der Waals surface area (Å²) in [5.74, 6) is 0.186. The largest absolute Gasteiger partial charge is 0.368 e. The quantitative estimate of drug-likeness (QED) is 0.827. The van der Waals surface area contributed by atoms with Crippen LogP contribution < -0.4 is 5.32 Å². The molecule has 2 aliphatic rings. The summed E-state index contributed by atoms with van der Waals surface area (Å²) < 4.78 is 5.77. The lowest BCUT2D eigenvalue weighted by molar-refractivity contribution is -0.139. The molecule has 1 amide bonds. The summed E-state index contributed by atoms with van der Waals surface area (Å²) in [6, 6.07) is 0.641. The van der Waals surface area contributed by atoms with E-state index in [1.165, 1.54) is 19.3 Å². The highest BCUT2D eigenvalue weighted by Gasteiger charge is 2.22. The first kappa shape index (κ1) is 13.8. The monoisotopic (exact) mass is 254 g/mol. The van der Waals surface area contributed by atoms with Crippen molar-refractivity contribution in [3.63, 3.8) is 0 Å². The molecule has 1 N–H and O–H groups in total. The summed E-state index contributed by atoms with van der Waals surface area (Å²) in [5.41, 5.74) is 0. The van der Waals surface area contributed by atoms with Crippen LogP contribution in [0.15, 0.2) is 0 Å². The van der Waals surface area contributed by atoms with Gasteiger partial charge in [0, 0.05) is 19.1 Å². The number of rotatable bonds is 4. The molecular weight excluding hydrogens is 228 g/mol. The predicted octanol–water partition coefficient (Wildman–Crippen LogP) is 1.55. The van der Waals surface area contributed by atoms with Crippen molar-refractivity contribution in [1.29, 1.82) is 0 Å². The van der Waals surface area contributed by atoms with Crippen LogP contribution in [0.25, 0.3) is 0 Å². The third-order valence-corrected chi connectivity index (χ3v) is 4.23. The van der Waals surface area contributed by atoms with Crippen molar-refractivity contribution in [1.82, 2.24) is 10.2 Å². The molecule has 2 rings (SSSR count). The van der Waals surface area contributed by atoms with Crippen LogP contribution >= 0.6 is 0 Å². The number of nitrogens with zero attached hydrogens (tertiary/aromatic N) is 1. The van der Waals surface area contributed by atoms with Crippen molar-refractivity contribution in [3.05, 3.63) is 0 Å². The average Bonchev–Trinajstić information content (AvgIpc) is 2.46. The van der Waals surface area contributed by atoms with Gasteiger partial charge in [0.15, 0.2) is 0 Å². The molecule has 1 saturated heterocycles. The molecule has 0 spiro atoms. The second-order valence-corrected chi connectivity index (χ2v) is 5.51.